The second kappa shape index (κ2) is 12.5. The Kier molecular flexibility index (Phi) is 6.90. The van der Waals surface area contributed by atoms with Gasteiger partial charge in [-0.1, -0.05) is 146 Å². The SMILES string of the molecule is c1ccc(-c2ccc(N(c3ccc(-n4c5ccccc5c5ccccc54)cc3)c3cccc4c3C3(c5ccccc5-c5ccccc53)c3nc5ccccc5n3-4)cc2)cc1. The van der Waals surface area contributed by atoms with Gasteiger partial charge in [0.2, 0.25) is 0 Å². The molecule has 0 amide bonds. The lowest BCUT2D eigenvalue weighted by molar-refractivity contribution is 0.738. The highest BCUT2D eigenvalue weighted by Gasteiger charge is 2.55. The number of benzene rings is 9. The predicted molar refractivity (Wildman–Crippen MR) is 246 cm³/mol. The van der Waals surface area contributed by atoms with Gasteiger partial charge < -0.3 is 9.47 Å². The lowest BCUT2D eigenvalue weighted by Crippen LogP contribution is -2.29. The first-order chi connectivity index (χ1) is 29.8. The van der Waals surface area contributed by atoms with Crippen LogP contribution in [0.4, 0.5) is 17.1 Å². The van der Waals surface area contributed by atoms with Gasteiger partial charge in [0, 0.05) is 33.4 Å². The molecule has 280 valence electrons. The summed E-state index contributed by atoms with van der Waals surface area (Å²) in [5, 5.41) is 2.51. The third-order valence-corrected chi connectivity index (χ3v) is 12.9. The fraction of sp³-hybridized carbons (Fsp3) is 0.0179. The number of rotatable bonds is 5. The summed E-state index contributed by atoms with van der Waals surface area (Å²) in [6, 6.07) is 79.5. The van der Waals surface area contributed by atoms with Crippen LogP contribution in [0.15, 0.2) is 218 Å². The van der Waals surface area contributed by atoms with Gasteiger partial charge in [0.1, 0.15) is 11.2 Å². The molecule has 0 atom stereocenters. The molecule has 0 N–H and O–H groups in total. The summed E-state index contributed by atoms with van der Waals surface area (Å²) < 4.78 is 4.81. The molecular formula is C56H36N4. The molecule has 0 unspecified atom stereocenters. The van der Waals surface area contributed by atoms with Gasteiger partial charge in [-0.2, -0.15) is 0 Å². The molecule has 0 fully saturated rings. The topological polar surface area (TPSA) is 26.0 Å². The minimum absolute atomic E-state index is 0.663. The molecule has 1 aliphatic carbocycles. The molecule has 0 bridgehead atoms. The van der Waals surface area contributed by atoms with Crippen molar-refractivity contribution in [2.24, 2.45) is 0 Å². The molecule has 4 heteroatoms. The van der Waals surface area contributed by atoms with E-state index in [1.165, 1.54) is 60.8 Å². The summed E-state index contributed by atoms with van der Waals surface area (Å²) in [7, 11) is 0. The highest BCUT2D eigenvalue weighted by Crippen LogP contribution is 2.63. The van der Waals surface area contributed by atoms with Crippen molar-refractivity contribution in [2.75, 3.05) is 4.90 Å². The van der Waals surface area contributed by atoms with Crippen LogP contribution in [0.3, 0.4) is 0 Å². The maximum atomic E-state index is 5.56. The van der Waals surface area contributed by atoms with E-state index in [1.807, 2.05) is 0 Å². The molecule has 0 saturated heterocycles. The summed E-state index contributed by atoms with van der Waals surface area (Å²) in [6.07, 6.45) is 0. The van der Waals surface area contributed by atoms with Crippen molar-refractivity contribution in [2.45, 2.75) is 5.41 Å². The van der Waals surface area contributed by atoms with Crippen LogP contribution in [0.1, 0.15) is 22.5 Å². The predicted octanol–water partition coefficient (Wildman–Crippen LogP) is 13.9. The number of hydrogen-bond donors (Lipinski definition) is 0. The molecular weight excluding hydrogens is 729 g/mol. The summed E-state index contributed by atoms with van der Waals surface area (Å²) in [6.45, 7) is 0. The van der Waals surface area contributed by atoms with Crippen molar-refractivity contribution in [3.05, 3.63) is 241 Å². The Morgan fingerprint density at radius 2 is 0.933 bits per heavy atom. The number of anilines is 3. The van der Waals surface area contributed by atoms with Gasteiger partial charge in [-0.25, -0.2) is 4.98 Å². The minimum Gasteiger partial charge on any atom is -0.310 e. The second-order valence-corrected chi connectivity index (χ2v) is 15.9. The van der Waals surface area contributed by atoms with Crippen LogP contribution in [0.25, 0.3) is 66.5 Å². The van der Waals surface area contributed by atoms with Crippen molar-refractivity contribution in [3.8, 4) is 33.6 Å². The zero-order valence-electron chi connectivity index (χ0n) is 32.6. The third-order valence-electron chi connectivity index (χ3n) is 12.9. The summed E-state index contributed by atoms with van der Waals surface area (Å²) in [4.78, 5) is 8.03. The van der Waals surface area contributed by atoms with Crippen LogP contribution < -0.4 is 4.90 Å². The summed E-state index contributed by atoms with van der Waals surface area (Å²) >= 11 is 0. The number of fused-ring (bicyclic) bond motifs is 15. The first-order valence-corrected chi connectivity index (χ1v) is 20.6. The van der Waals surface area contributed by atoms with E-state index in [4.69, 9.17) is 4.98 Å². The Morgan fingerprint density at radius 1 is 0.400 bits per heavy atom. The first-order valence-electron chi connectivity index (χ1n) is 20.6. The van der Waals surface area contributed by atoms with Gasteiger partial charge in [-0.05, 0) is 106 Å². The van der Waals surface area contributed by atoms with Crippen molar-refractivity contribution < 1.29 is 0 Å². The maximum Gasteiger partial charge on any atom is 0.134 e. The Labute approximate surface area is 347 Å². The molecule has 3 heterocycles. The average molecular weight is 765 g/mol. The number of aromatic nitrogens is 3. The van der Waals surface area contributed by atoms with Crippen molar-refractivity contribution in [1.29, 1.82) is 0 Å². The van der Waals surface area contributed by atoms with Crippen LogP contribution >= 0.6 is 0 Å². The quantitative estimate of drug-likeness (QED) is 0.174. The van der Waals surface area contributed by atoms with E-state index in [1.54, 1.807) is 0 Å². The van der Waals surface area contributed by atoms with Crippen LogP contribution in [0, 0.1) is 0 Å². The number of hydrogen-bond acceptors (Lipinski definition) is 2. The lowest BCUT2D eigenvalue weighted by Gasteiger charge is -2.34. The van der Waals surface area contributed by atoms with Gasteiger partial charge in [0.15, 0.2) is 0 Å². The van der Waals surface area contributed by atoms with Crippen molar-refractivity contribution in [1.82, 2.24) is 14.1 Å². The Balaban J connectivity index is 1.08. The summed E-state index contributed by atoms with van der Waals surface area (Å²) in [5.41, 5.74) is 18.0. The zero-order valence-corrected chi connectivity index (χ0v) is 32.6. The molecule has 2 aromatic heterocycles. The molecule has 11 aromatic rings. The fourth-order valence-electron chi connectivity index (χ4n) is 10.5. The average Bonchev–Trinajstić information content (AvgIpc) is 4.04. The van der Waals surface area contributed by atoms with Crippen molar-refractivity contribution >= 4 is 49.9 Å². The maximum absolute atomic E-state index is 5.56. The molecule has 0 radical (unpaired) electrons. The molecule has 4 nitrogen and oxygen atoms in total. The highest BCUT2D eigenvalue weighted by atomic mass is 15.2. The number of para-hydroxylation sites is 4. The van der Waals surface area contributed by atoms with Gasteiger partial charge >= 0.3 is 0 Å². The van der Waals surface area contributed by atoms with Crippen molar-refractivity contribution in [3.63, 3.8) is 0 Å². The lowest BCUT2D eigenvalue weighted by atomic mass is 9.72. The van der Waals surface area contributed by atoms with E-state index in [0.717, 1.165) is 45.3 Å². The molecule has 1 spiro atoms. The monoisotopic (exact) mass is 764 g/mol. The largest absolute Gasteiger partial charge is 0.310 e. The standard InChI is InChI=1S/C56H36N4/c1-2-15-37(16-3-1)38-29-31-39(32-30-38)58(40-33-35-41(36-34-40)59-49-24-11-6-19-44(49)45-20-7-12-25-50(45)59)52-27-14-28-53-54(52)56(55-57-48-23-10-13-26-51(48)60(53)55)46-21-8-4-17-42(46)43-18-5-9-22-47(43)56/h1-36H. The van der Waals surface area contributed by atoms with Gasteiger partial charge in [0.05, 0.1) is 33.4 Å². The van der Waals surface area contributed by atoms with Crippen LogP contribution in [-0.4, -0.2) is 14.1 Å². The first kappa shape index (κ1) is 33.1. The van der Waals surface area contributed by atoms with E-state index in [0.29, 0.717) is 0 Å². The van der Waals surface area contributed by atoms with Crippen LogP contribution in [0.5, 0.6) is 0 Å². The molecule has 13 rings (SSSR count). The van der Waals surface area contributed by atoms with Crippen LogP contribution in [-0.2, 0) is 5.41 Å². The van der Waals surface area contributed by atoms with Gasteiger partial charge in [0.25, 0.3) is 0 Å². The Morgan fingerprint density at radius 3 is 1.60 bits per heavy atom. The van der Waals surface area contributed by atoms with E-state index in [2.05, 4.69) is 232 Å². The molecule has 9 aromatic carbocycles. The highest BCUT2D eigenvalue weighted by molar-refractivity contribution is 6.09. The number of imidazole rings is 1. The zero-order chi connectivity index (χ0) is 39.4. The van der Waals surface area contributed by atoms with E-state index in [-0.39, 0.29) is 0 Å². The van der Waals surface area contributed by atoms with E-state index >= 15 is 0 Å². The van der Waals surface area contributed by atoms with E-state index < -0.39 is 5.41 Å². The fourth-order valence-corrected chi connectivity index (χ4v) is 10.5. The normalized spacial score (nSPS) is 13.1. The van der Waals surface area contributed by atoms with Crippen LogP contribution in [0.2, 0.25) is 0 Å². The molecule has 1 aliphatic heterocycles. The molecule has 2 aliphatic rings. The van der Waals surface area contributed by atoms with Gasteiger partial charge in [-0.3, -0.25) is 4.57 Å². The minimum atomic E-state index is -0.663. The Hall–Kier alpha value is -7.95. The Bertz CT molecular complexity index is 3380. The van der Waals surface area contributed by atoms with E-state index in [9.17, 15) is 0 Å². The number of nitrogens with zero attached hydrogens (tertiary/aromatic N) is 4. The smallest absolute Gasteiger partial charge is 0.134 e. The second-order valence-electron chi connectivity index (χ2n) is 15.9. The molecule has 0 saturated carbocycles. The van der Waals surface area contributed by atoms with Gasteiger partial charge in [-0.15, -0.1) is 0 Å². The third kappa shape index (κ3) is 4.42. The summed E-state index contributed by atoms with van der Waals surface area (Å²) in [5.74, 6) is 1.03. The molecule has 60 heavy (non-hydrogen) atoms.